The van der Waals surface area contributed by atoms with Crippen LogP contribution in [0, 0.1) is 0 Å². The molecular formula is C20H22N2O4. The van der Waals surface area contributed by atoms with Gasteiger partial charge in [-0.1, -0.05) is 48.5 Å². The van der Waals surface area contributed by atoms with Gasteiger partial charge in [-0.3, -0.25) is 4.79 Å². The van der Waals surface area contributed by atoms with Crippen molar-refractivity contribution in [1.29, 1.82) is 0 Å². The molecule has 2 atom stereocenters. The molecule has 136 valence electrons. The summed E-state index contributed by atoms with van der Waals surface area (Å²) in [5.41, 5.74) is 1.92. The van der Waals surface area contributed by atoms with Gasteiger partial charge in [0.05, 0.1) is 12.5 Å². The van der Waals surface area contributed by atoms with Gasteiger partial charge >= 0.3 is 12.1 Å². The van der Waals surface area contributed by atoms with E-state index in [-0.39, 0.29) is 25.0 Å². The van der Waals surface area contributed by atoms with Crippen LogP contribution < -0.4 is 10.2 Å². The van der Waals surface area contributed by atoms with E-state index in [0.29, 0.717) is 6.54 Å². The molecule has 1 aliphatic heterocycles. The molecule has 2 aromatic carbocycles. The van der Waals surface area contributed by atoms with Gasteiger partial charge < -0.3 is 19.7 Å². The van der Waals surface area contributed by atoms with Crippen LogP contribution in [0.3, 0.4) is 0 Å². The van der Waals surface area contributed by atoms with E-state index in [0.717, 1.165) is 11.3 Å². The molecule has 1 saturated heterocycles. The molecule has 0 spiro atoms. The molecule has 6 heteroatoms. The Labute approximate surface area is 152 Å². The summed E-state index contributed by atoms with van der Waals surface area (Å²) in [4.78, 5) is 25.7. The van der Waals surface area contributed by atoms with Crippen LogP contribution in [0.15, 0.2) is 60.7 Å². The minimum Gasteiger partial charge on any atom is -0.461 e. The number of para-hydroxylation sites is 1. The first-order valence-corrected chi connectivity index (χ1v) is 8.54. The number of nitrogens with zero attached hydrogens (tertiary/aromatic N) is 1. The quantitative estimate of drug-likeness (QED) is 0.773. The Morgan fingerprint density at radius 1 is 1.12 bits per heavy atom. The zero-order chi connectivity index (χ0) is 18.4. The summed E-state index contributed by atoms with van der Waals surface area (Å²) in [7, 11) is 1.94. The first-order valence-electron chi connectivity index (χ1n) is 8.54. The second-order valence-corrected chi connectivity index (χ2v) is 6.26. The van der Waals surface area contributed by atoms with E-state index < -0.39 is 12.2 Å². The number of hydrogen-bond donors (Lipinski definition) is 1. The van der Waals surface area contributed by atoms with Gasteiger partial charge in [0.1, 0.15) is 6.61 Å². The van der Waals surface area contributed by atoms with Gasteiger partial charge in [-0.2, -0.15) is 0 Å². The fraction of sp³-hybridized carbons (Fsp3) is 0.300. The van der Waals surface area contributed by atoms with E-state index in [9.17, 15) is 9.59 Å². The van der Waals surface area contributed by atoms with Gasteiger partial charge in [0.15, 0.2) is 6.10 Å². The lowest BCUT2D eigenvalue weighted by atomic mass is 10.1. The fourth-order valence-electron chi connectivity index (χ4n) is 2.88. The number of rotatable bonds is 7. The molecule has 0 saturated carbocycles. The molecule has 26 heavy (non-hydrogen) atoms. The molecule has 0 bridgehead atoms. The number of carbonyl (C=O) groups excluding carboxylic acids is 2. The zero-order valence-corrected chi connectivity index (χ0v) is 14.6. The van der Waals surface area contributed by atoms with Crippen LogP contribution in [0.4, 0.5) is 10.5 Å². The number of esters is 1. The molecule has 1 aliphatic rings. The highest BCUT2D eigenvalue weighted by Gasteiger charge is 2.35. The monoisotopic (exact) mass is 354 g/mol. The fourth-order valence-corrected chi connectivity index (χ4v) is 2.88. The largest absolute Gasteiger partial charge is 0.461 e. The SMILES string of the molecule is CN(C[C@H]1NC(=O)O[C@@H]1COC(=O)Cc1ccccc1)c1ccccc1. The lowest BCUT2D eigenvalue weighted by molar-refractivity contribution is -0.145. The predicted molar refractivity (Wildman–Crippen MR) is 98.0 cm³/mol. The Kier molecular flexibility index (Phi) is 5.73. The zero-order valence-electron chi connectivity index (χ0n) is 14.6. The third-order valence-electron chi connectivity index (χ3n) is 4.28. The van der Waals surface area contributed by atoms with Gasteiger partial charge in [0, 0.05) is 19.3 Å². The Morgan fingerprint density at radius 2 is 1.77 bits per heavy atom. The van der Waals surface area contributed by atoms with Crippen molar-refractivity contribution in [2.24, 2.45) is 0 Å². The number of benzene rings is 2. The van der Waals surface area contributed by atoms with Crippen molar-refractivity contribution in [3.8, 4) is 0 Å². The molecule has 2 aromatic rings. The van der Waals surface area contributed by atoms with E-state index in [1.54, 1.807) is 0 Å². The molecule has 3 rings (SSSR count). The predicted octanol–water partition coefficient (Wildman–Crippen LogP) is 2.39. The number of nitrogens with one attached hydrogen (secondary N) is 1. The maximum atomic E-state index is 12.0. The number of carbonyl (C=O) groups is 2. The molecule has 0 aliphatic carbocycles. The van der Waals surface area contributed by atoms with Crippen LogP contribution in [0.1, 0.15) is 5.56 Å². The summed E-state index contributed by atoms with van der Waals surface area (Å²) >= 11 is 0. The van der Waals surface area contributed by atoms with E-state index in [4.69, 9.17) is 9.47 Å². The van der Waals surface area contributed by atoms with Crippen LogP contribution in [0.2, 0.25) is 0 Å². The topological polar surface area (TPSA) is 67.9 Å². The standard InChI is InChI=1S/C20H22N2O4/c1-22(16-10-6-3-7-11-16)13-17-18(26-20(24)21-17)14-25-19(23)12-15-8-4-2-5-9-15/h2-11,17-18H,12-14H2,1H3,(H,21,24)/t17-,18-/m1/s1. The van der Waals surface area contributed by atoms with Crippen molar-refractivity contribution >= 4 is 17.7 Å². The Balaban J connectivity index is 1.52. The minimum absolute atomic E-state index is 0.0394. The van der Waals surface area contributed by atoms with Crippen molar-refractivity contribution in [3.63, 3.8) is 0 Å². The molecule has 1 fully saturated rings. The number of anilines is 1. The first kappa shape index (κ1) is 17.8. The minimum atomic E-state index is -0.506. The van der Waals surface area contributed by atoms with Crippen molar-refractivity contribution in [2.75, 3.05) is 25.1 Å². The Bertz CT molecular complexity index is 736. The van der Waals surface area contributed by atoms with E-state index >= 15 is 0 Å². The molecule has 1 amide bonds. The highest BCUT2D eigenvalue weighted by Crippen LogP contribution is 2.16. The average Bonchev–Trinajstić information content (AvgIpc) is 3.00. The summed E-state index contributed by atoms with van der Waals surface area (Å²) in [6.07, 6.45) is -0.794. The summed E-state index contributed by atoms with van der Waals surface area (Å²) in [5.74, 6) is -0.339. The summed E-state index contributed by atoms with van der Waals surface area (Å²) in [6.45, 7) is 0.592. The van der Waals surface area contributed by atoms with Gasteiger partial charge in [-0.15, -0.1) is 0 Å². The maximum absolute atomic E-state index is 12.0. The molecule has 1 N–H and O–H groups in total. The highest BCUT2D eigenvalue weighted by molar-refractivity contribution is 5.73. The summed E-state index contributed by atoms with van der Waals surface area (Å²) < 4.78 is 10.6. The molecule has 0 radical (unpaired) electrons. The number of hydrogen-bond acceptors (Lipinski definition) is 5. The summed E-state index contributed by atoms with van der Waals surface area (Å²) in [5, 5.41) is 2.78. The van der Waals surface area contributed by atoms with Crippen LogP contribution >= 0.6 is 0 Å². The number of ether oxygens (including phenoxy) is 2. The number of amides is 1. The molecule has 0 unspecified atom stereocenters. The Hall–Kier alpha value is -3.02. The van der Waals surface area contributed by atoms with Gasteiger partial charge in [-0.25, -0.2) is 4.79 Å². The second kappa shape index (κ2) is 8.38. The van der Waals surface area contributed by atoms with E-state index in [2.05, 4.69) is 5.32 Å². The van der Waals surface area contributed by atoms with Crippen LogP contribution in [0.5, 0.6) is 0 Å². The van der Waals surface area contributed by atoms with E-state index in [1.807, 2.05) is 72.6 Å². The van der Waals surface area contributed by atoms with Crippen molar-refractivity contribution in [2.45, 2.75) is 18.6 Å². The third kappa shape index (κ3) is 4.75. The van der Waals surface area contributed by atoms with Gasteiger partial charge in [0.25, 0.3) is 0 Å². The lowest BCUT2D eigenvalue weighted by Crippen LogP contribution is -2.43. The molecule has 0 aromatic heterocycles. The average molecular weight is 354 g/mol. The second-order valence-electron chi connectivity index (χ2n) is 6.26. The van der Waals surface area contributed by atoms with Gasteiger partial charge in [0.2, 0.25) is 0 Å². The van der Waals surface area contributed by atoms with Crippen molar-refractivity contribution in [1.82, 2.24) is 5.32 Å². The number of cyclic esters (lactones) is 1. The maximum Gasteiger partial charge on any atom is 0.408 e. The van der Waals surface area contributed by atoms with Crippen LogP contribution in [-0.2, 0) is 20.7 Å². The normalized spacial score (nSPS) is 18.7. The number of likely N-dealkylation sites (N-methyl/N-ethyl adjacent to an activating group) is 1. The summed E-state index contributed by atoms with van der Waals surface area (Å²) in [6, 6.07) is 19.0. The van der Waals surface area contributed by atoms with Gasteiger partial charge in [-0.05, 0) is 17.7 Å². The molecular weight excluding hydrogens is 332 g/mol. The molecule has 1 heterocycles. The lowest BCUT2D eigenvalue weighted by Gasteiger charge is -2.25. The van der Waals surface area contributed by atoms with E-state index in [1.165, 1.54) is 0 Å². The Morgan fingerprint density at radius 3 is 2.46 bits per heavy atom. The molecule has 6 nitrogen and oxygen atoms in total. The highest BCUT2D eigenvalue weighted by atomic mass is 16.6. The van der Waals surface area contributed by atoms with Crippen LogP contribution in [0.25, 0.3) is 0 Å². The van der Waals surface area contributed by atoms with Crippen molar-refractivity contribution in [3.05, 3.63) is 66.2 Å². The number of alkyl carbamates (subject to hydrolysis) is 1. The smallest absolute Gasteiger partial charge is 0.408 e. The van der Waals surface area contributed by atoms with Crippen LogP contribution in [-0.4, -0.2) is 44.4 Å². The first-order chi connectivity index (χ1) is 12.6. The third-order valence-corrected chi connectivity index (χ3v) is 4.28. The van der Waals surface area contributed by atoms with Crippen molar-refractivity contribution < 1.29 is 19.1 Å².